The molecule has 0 saturated carbocycles. The highest BCUT2D eigenvalue weighted by molar-refractivity contribution is 6.04. The molecule has 1 heterocycles. The largest absolute Gasteiger partial charge is 0.349 e. The number of nitrogens with one attached hydrogen (secondary N) is 1. The second-order valence-electron chi connectivity index (χ2n) is 7.03. The lowest BCUT2D eigenvalue weighted by atomic mass is 9.94. The minimum Gasteiger partial charge on any atom is -0.349 e. The molecule has 144 valence electrons. The molecular formula is C19H29ClN4O2. The monoisotopic (exact) mass is 380 g/mol. The Bertz CT molecular complexity index is 813. The summed E-state index contributed by atoms with van der Waals surface area (Å²) in [5.41, 5.74) is 5.93. The van der Waals surface area contributed by atoms with Crippen LogP contribution in [-0.4, -0.2) is 27.8 Å². The number of aromatic nitrogens is 2. The van der Waals surface area contributed by atoms with Crippen molar-refractivity contribution in [3.63, 3.8) is 0 Å². The Balaban J connectivity index is 0.00000338. The van der Waals surface area contributed by atoms with Gasteiger partial charge in [-0.1, -0.05) is 45.9 Å². The van der Waals surface area contributed by atoms with E-state index in [2.05, 4.69) is 10.4 Å². The molecule has 26 heavy (non-hydrogen) atoms. The van der Waals surface area contributed by atoms with E-state index in [-0.39, 0.29) is 35.5 Å². The van der Waals surface area contributed by atoms with E-state index in [4.69, 9.17) is 5.73 Å². The van der Waals surface area contributed by atoms with Gasteiger partial charge < -0.3 is 11.1 Å². The molecule has 2 rings (SSSR count). The second-order valence-corrected chi connectivity index (χ2v) is 7.03. The number of nitrogens with two attached hydrogens (primary N) is 1. The van der Waals surface area contributed by atoms with Crippen molar-refractivity contribution in [2.75, 3.05) is 6.54 Å². The Hall–Kier alpha value is -1.92. The van der Waals surface area contributed by atoms with Gasteiger partial charge in [0.2, 0.25) is 0 Å². The summed E-state index contributed by atoms with van der Waals surface area (Å²) >= 11 is 0. The third-order valence-corrected chi connectivity index (χ3v) is 4.63. The van der Waals surface area contributed by atoms with E-state index in [9.17, 15) is 9.59 Å². The van der Waals surface area contributed by atoms with E-state index in [1.807, 2.05) is 27.7 Å². The molecule has 0 fully saturated rings. The molecule has 0 radical (unpaired) electrons. The number of hydrogen-bond acceptors (Lipinski definition) is 4. The minimum absolute atomic E-state index is 0. The van der Waals surface area contributed by atoms with Gasteiger partial charge >= 0.3 is 0 Å². The zero-order valence-electron chi connectivity index (χ0n) is 15.9. The Morgan fingerprint density at radius 3 is 2.35 bits per heavy atom. The molecule has 0 spiro atoms. The van der Waals surface area contributed by atoms with Gasteiger partial charge in [-0.05, 0) is 24.8 Å². The number of amides is 1. The Morgan fingerprint density at radius 1 is 1.23 bits per heavy atom. The van der Waals surface area contributed by atoms with Gasteiger partial charge in [-0.3, -0.25) is 9.59 Å². The number of benzene rings is 1. The van der Waals surface area contributed by atoms with Gasteiger partial charge in [-0.2, -0.15) is 5.10 Å². The Morgan fingerprint density at radius 2 is 1.81 bits per heavy atom. The number of nitrogens with zero attached hydrogens (tertiary/aromatic N) is 2. The maximum Gasteiger partial charge on any atom is 0.274 e. The average molecular weight is 381 g/mol. The van der Waals surface area contributed by atoms with Crippen molar-refractivity contribution < 1.29 is 4.79 Å². The zero-order valence-corrected chi connectivity index (χ0v) is 16.7. The number of carbonyl (C=O) groups is 1. The lowest BCUT2D eigenvalue weighted by molar-refractivity contribution is 0.0936. The summed E-state index contributed by atoms with van der Waals surface area (Å²) in [5.74, 6) is -0.0513. The van der Waals surface area contributed by atoms with Crippen molar-refractivity contribution in [2.45, 2.75) is 52.6 Å². The second kappa shape index (κ2) is 9.14. The van der Waals surface area contributed by atoms with Crippen molar-refractivity contribution in [2.24, 2.45) is 11.7 Å². The first kappa shape index (κ1) is 22.1. The van der Waals surface area contributed by atoms with E-state index >= 15 is 0 Å². The van der Waals surface area contributed by atoms with Crippen LogP contribution >= 0.6 is 12.4 Å². The lowest BCUT2D eigenvalue weighted by Gasteiger charge is -2.26. The van der Waals surface area contributed by atoms with Crippen molar-refractivity contribution in [3.8, 4) is 0 Å². The lowest BCUT2D eigenvalue weighted by Crippen LogP contribution is -2.49. The number of carbonyl (C=O) groups excluding carboxylic acids is 1. The van der Waals surface area contributed by atoms with E-state index in [0.29, 0.717) is 23.9 Å². The van der Waals surface area contributed by atoms with Crippen molar-refractivity contribution in [3.05, 3.63) is 40.3 Å². The quantitative estimate of drug-likeness (QED) is 0.772. The number of fused-ring (bicyclic) bond motifs is 1. The molecule has 2 aromatic rings. The zero-order chi connectivity index (χ0) is 18.6. The van der Waals surface area contributed by atoms with Crippen LogP contribution in [0.3, 0.4) is 0 Å². The average Bonchev–Trinajstić information content (AvgIpc) is 2.61. The molecular weight excluding hydrogens is 352 g/mol. The fourth-order valence-corrected chi connectivity index (χ4v) is 2.71. The molecule has 1 amide bonds. The molecule has 3 N–H and O–H groups in total. The molecule has 0 bridgehead atoms. The Labute approximate surface area is 160 Å². The predicted molar refractivity (Wildman–Crippen MR) is 108 cm³/mol. The van der Waals surface area contributed by atoms with Crippen LogP contribution in [0, 0.1) is 5.92 Å². The summed E-state index contributed by atoms with van der Waals surface area (Å²) in [5, 5.41) is 8.31. The fraction of sp³-hybridized carbons (Fsp3) is 0.526. The molecule has 0 atom stereocenters. The van der Waals surface area contributed by atoms with Gasteiger partial charge in [0, 0.05) is 24.0 Å². The third kappa shape index (κ3) is 4.83. The SMILES string of the molecule is CCC(N)(CC)CNC(=O)c1nn(CC(C)C)c(=O)c2ccccc12.Cl. The van der Waals surface area contributed by atoms with Crippen molar-refractivity contribution in [1.29, 1.82) is 0 Å². The highest BCUT2D eigenvalue weighted by atomic mass is 35.5. The van der Waals surface area contributed by atoms with E-state index in [0.717, 1.165) is 12.8 Å². The van der Waals surface area contributed by atoms with Crippen LogP contribution in [0.25, 0.3) is 10.8 Å². The van der Waals surface area contributed by atoms with Crippen molar-refractivity contribution in [1.82, 2.24) is 15.1 Å². The van der Waals surface area contributed by atoms with Gasteiger partial charge in [0.1, 0.15) is 0 Å². The number of rotatable bonds is 7. The topological polar surface area (TPSA) is 90.0 Å². The maximum absolute atomic E-state index is 12.7. The first-order valence-electron chi connectivity index (χ1n) is 8.88. The summed E-state index contributed by atoms with van der Waals surface area (Å²) in [6, 6.07) is 7.09. The summed E-state index contributed by atoms with van der Waals surface area (Å²) < 4.78 is 1.39. The smallest absolute Gasteiger partial charge is 0.274 e. The van der Waals surface area contributed by atoms with E-state index < -0.39 is 5.54 Å². The third-order valence-electron chi connectivity index (χ3n) is 4.63. The van der Waals surface area contributed by atoms with Gasteiger partial charge in [0.15, 0.2) is 5.69 Å². The van der Waals surface area contributed by atoms with E-state index in [1.54, 1.807) is 24.3 Å². The summed E-state index contributed by atoms with van der Waals surface area (Å²) in [6.45, 7) is 8.87. The minimum atomic E-state index is -0.433. The van der Waals surface area contributed by atoms with Crippen LogP contribution in [0.1, 0.15) is 51.0 Å². The fourth-order valence-electron chi connectivity index (χ4n) is 2.71. The van der Waals surface area contributed by atoms with Gasteiger partial charge in [-0.15, -0.1) is 12.4 Å². The first-order valence-corrected chi connectivity index (χ1v) is 8.88. The first-order chi connectivity index (χ1) is 11.8. The van der Waals surface area contributed by atoms with Gasteiger partial charge in [0.25, 0.3) is 11.5 Å². The molecule has 0 aliphatic rings. The highest BCUT2D eigenvalue weighted by Gasteiger charge is 2.23. The number of hydrogen-bond donors (Lipinski definition) is 2. The molecule has 0 aliphatic heterocycles. The van der Waals surface area contributed by atoms with Crippen molar-refractivity contribution >= 4 is 29.1 Å². The van der Waals surface area contributed by atoms with Crippen LogP contribution in [0.4, 0.5) is 0 Å². The van der Waals surface area contributed by atoms with Gasteiger partial charge in [0.05, 0.1) is 5.39 Å². The van der Waals surface area contributed by atoms with Crippen LogP contribution in [0.15, 0.2) is 29.1 Å². The molecule has 0 aliphatic carbocycles. The highest BCUT2D eigenvalue weighted by Crippen LogP contribution is 2.15. The number of halogens is 1. The normalized spacial score (nSPS) is 11.5. The molecule has 0 saturated heterocycles. The molecule has 0 unspecified atom stereocenters. The van der Waals surface area contributed by atoms with Crippen LogP contribution in [0.5, 0.6) is 0 Å². The molecule has 6 nitrogen and oxygen atoms in total. The summed E-state index contributed by atoms with van der Waals surface area (Å²) in [4.78, 5) is 25.3. The predicted octanol–water partition coefficient (Wildman–Crippen LogP) is 2.72. The standard InChI is InChI=1S/C19H28N4O2.ClH/c1-5-19(20,6-2)12-21-17(24)16-14-9-7-8-10-15(14)18(25)23(22-16)11-13(3)4;/h7-10,13H,5-6,11-12,20H2,1-4H3,(H,21,24);1H. The van der Waals surface area contributed by atoms with Crippen LogP contribution < -0.4 is 16.6 Å². The summed E-state index contributed by atoms with van der Waals surface area (Å²) in [7, 11) is 0. The summed E-state index contributed by atoms with van der Waals surface area (Å²) in [6.07, 6.45) is 1.54. The molecule has 1 aromatic carbocycles. The molecule has 7 heteroatoms. The maximum atomic E-state index is 12.7. The van der Waals surface area contributed by atoms with Gasteiger partial charge in [-0.25, -0.2) is 4.68 Å². The Kier molecular flexibility index (Phi) is 7.78. The van der Waals surface area contributed by atoms with E-state index in [1.165, 1.54) is 4.68 Å². The van der Waals surface area contributed by atoms with Crippen LogP contribution in [0.2, 0.25) is 0 Å². The molecule has 1 aromatic heterocycles. The van der Waals surface area contributed by atoms with Crippen LogP contribution in [-0.2, 0) is 6.54 Å².